The van der Waals surface area contributed by atoms with E-state index in [4.69, 9.17) is 14.2 Å². The minimum Gasteiger partial charge on any atom is -0.441 e. The number of carbonyl (C=O) groups is 1. The molecule has 170 valence electrons. The first-order chi connectivity index (χ1) is 16.2. The molecule has 11 nitrogen and oxygen atoms in total. The molecule has 2 fully saturated rings. The van der Waals surface area contributed by atoms with Crippen LogP contribution in [0.2, 0.25) is 0 Å². The Kier molecular flexibility index (Phi) is 4.89. The molecule has 3 aliphatic rings. The molecule has 6 rings (SSSR count). The van der Waals surface area contributed by atoms with E-state index < -0.39 is 0 Å². The summed E-state index contributed by atoms with van der Waals surface area (Å²) in [6, 6.07) is 4.29. The van der Waals surface area contributed by atoms with Crippen LogP contribution < -0.4 is 4.90 Å². The van der Waals surface area contributed by atoms with Crippen LogP contribution in [-0.4, -0.2) is 82.6 Å². The SMILES string of the molecule is N#Cc1c(-c2cn3c(n2)COCC3)[nH]c2nccc(N3CCN(C(=O)OC4COC4)CC3)c12. The van der Waals surface area contributed by atoms with Crippen LogP contribution in [0.5, 0.6) is 0 Å². The molecular formula is C22H23N7O4. The Morgan fingerprint density at radius 3 is 2.79 bits per heavy atom. The first-order valence-corrected chi connectivity index (χ1v) is 11.0. The first-order valence-electron chi connectivity index (χ1n) is 11.0. The summed E-state index contributed by atoms with van der Waals surface area (Å²) >= 11 is 0. The zero-order valence-corrected chi connectivity index (χ0v) is 18.0. The number of hydrogen-bond donors (Lipinski definition) is 1. The zero-order valence-electron chi connectivity index (χ0n) is 18.0. The summed E-state index contributed by atoms with van der Waals surface area (Å²) in [7, 11) is 0. The molecule has 0 saturated carbocycles. The highest BCUT2D eigenvalue weighted by Gasteiger charge is 2.29. The number of anilines is 1. The van der Waals surface area contributed by atoms with Gasteiger partial charge in [0.1, 0.15) is 29.8 Å². The standard InChI is InChI=1S/C22H23N7O4/c23-9-15-19-17(27-3-5-28(6-4-27)22(30)33-14-11-32-12-14)1-2-24-21(19)26-20(15)16-10-29-7-8-31-13-18(29)25-16/h1-2,10,14H,3-8,11-13H2,(H,24,26). The van der Waals surface area contributed by atoms with Gasteiger partial charge in [-0.15, -0.1) is 0 Å². The summed E-state index contributed by atoms with van der Waals surface area (Å²) in [6.07, 6.45) is 3.27. The predicted molar refractivity (Wildman–Crippen MR) is 117 cm³/mol. The van der Waals surface area contributed by atoms with Crippen LogP contribution in [0.3, 0.4) is 0 Å². The largest absolute Gasteiger partial charge is 0.441 e. The van der Waals surface area contributed by atoms with Crippen molar-refractivity contribution in [1.82, 2.24) is 24.4 Å². The number of rotatable bonds is 3. The number of nitrogens with zero attached hydrogens (tertiary/aromatic N) is 6. The smallest absolute Gasteiger partial charge is 0.410 e. The average molecular weight is 449 g/mol. The van der Waals surface area contributed by atoms with Crippen LogP contribution in [0, 0.1) is 11.3 Å². The van der Waals surface area contributed by atoms with Crippen molar-refractivity contribution in [3.63, 3.8) is 0 Å². The molecule has 11 heteroatoms. The number of nitriles is 1. The van der Waals surface area contributed by atoms with E-state index in [0.717, 1.165) is 23.4 Å². The Morgan fingerprint density at radius 1 is 1.21 bits per heavy atom. The van der Waals surface area contributed by atoms with Crippen LogP contribution in [0.1, 0.15) is 11.4 Å². The molecule has 0 aromatic carbocycles. The summed E-state index contributed by atoms with van der Waals surface area (Å²) in [6.45, 7) is 5.17. The van der Waals surface area contributed by atoms with Gasteiger partial charge in [-0.2, -0.15) is 5.26 Å². The number of nitrogens with one attached hydrogen (secondary N) is 1. The molecule has 2 saturated heterocycles. The number of piperazine rings is 1. The van der Waals surface area contributed by atoms with Crippen LogP contribution in [-0.2, 0) is 27.4 Å². The second-order valence-corrected chi connectivity index (χ2v) is 8.35. The third-order valence-corrected chi connectivity index (χ3v) is 6.36. The summed E-state index contributed by atoms with van der Waals surface area (Å²) in [5.74, 6) is 0.850. The minimum absolute atomic E-state index is 0.132. The number of carbonyl (C=O) groups excluding carboxylic acids is 1. The Balaban J connectivity index is 1.28. The fraction of sp³-hybridized carbons (Fsp3) is 0.455. The molecule has 6 heterocycles. The van der Waals surface area contributed by atoms with Crippen LogP contribution >= 0.6 is 0 Å². The van der Waals surface area contributed by atoms with Crippen LogP contribution in [0.25, 0.3) is 22.4 Å². The lowest BCUT2D eigenvalue weighted by Gasteiger charge is -2.37. The van der Waals surface area contributed by atoms with Crippen molar-refractivity contribution in [2.45, 2.75) is 19.3 Å². The van der Waals surface area contributed by atoms with E-state index in [1.165, 1.54) is 0 Å². The Hall–Kier alpha value is -3.62. The molecule has 1 amide bonds. The molecule has 3 aromatic heterocycles. The summed E-state index contributed by atoms with van der Waals surface area (Å²) in [5, 5.41) is 10.8. The number of aromatic nitrogens is 4. The van der Waals surface area contributed by atoms with Gasteiger partial charge in [-0.1, -0.05) is 0 Å². The molecular weight excluding hydrogens is 426 g/mol. The maximum Gasteiger partial charge on any atom is 0.410 e. The highest BCUT2D eigenvalue weighted by molar-refractivity contribution is 5.99. The molecule has 0 aliphatic carbocycles. The molecule has 0 radical (unpaired) electrons. The number of pyridine rings is 1. The molecule has 0 unspecified atom stereocenters. The third kappa shape index (κ3) is 3.48. The zero-order chi connectivity index (χ0) is 22.4. The van der Waals surface area contributed by atoms with Gasteiger partial charge in [-0.3, -0.25) is 0 Å². The topological polar surface area (TPSA) is 122 Å². The van der Waals surface area contributed by atoms with Crippen LogP contribution in [0.15, 0.2) is 18.5 Å². The van der Waals surface area contributed by atoms with E-state index in [9.17, 15) is 10.1 Å². The molecule has 33 heavy (non-hydrogen) atoms. The molecule has 0 spiro atoms. The first kappa shape index (κ1) is 20.0. The lowest BCUT2D eigenvalue weighted by Crippen LogP contribution is -2.51. The second-order valence-electron chi connectivity index (χ2n) is 8.35. The lowest BCUT2D eigenvalue weighted by molar-refractivity contribution is -0.104. The van der Waals surface area contributed by atoms with Crippen molar-refractivity contribution < 1.29 is 19.0 Å². The number of H-pyrrole nitrogens is 1. The number of hydrogen-bond acceptors (Lipinski definition) is 8. The third-order valence-electron chi connectivity index (χ3n) is 6.36. The summed E-state index contributed by atoms with van der Waals surface area (Å²) < 4.78 is 18.1. The van der Waals surface area contributed by atoms with Gasteiger partial charge in [0.2, 0.25) is 0 Å². The molecule has 3 aliphatic heterocycles. The monoisotopic (exact) mass is 449 g/mol. The fourth-order valence-corrected chi connectivity index (χ4v) is 4.51. The number of imidazole rings is 1. The van der Waals surface area contributed by atoms with Gasteiger partial charge < -0.3 is 33.6 Å². The van der Waals surface area contributed by atoms with E-state index in [1.807, 2.05) is 12.3 Å². The van der Waals surface area contributed by atoms with Gasteiger partial charge in [0, 0.05) is 45.1 Å². The predicted octanol–water partition coefficient (Wildman–Crippen LogP) is 1.49. The van der Waals surface area contributed by atoms with Crippen molar-refractivity contribution in [1.29, 1.82) is 5.26 Å². The maximum atomic E-state index is 12.4. The van der Waals surface area contributed by atoms with Crippen molar-refractivity contribution >= 4 is 22.8 Å². The lowest BCUT2D eigenvalue weighted by atomic mass is 10.1. The van der Waals surface area contributed by atoms with Crippen molar-refractivity contribution in [3.05, 3.63) is 29.8 Å². The highest BCUT2D eigenvalue weighted by atomic mass is 16.6. The Bertz CT molecular complexity index is 1220. The Morgan fingerprint density at radius 2 is 2.06 bits per heavy atom. The van der Waals surface area contributed by atoms with Gasteiger partial charge in [-0.25, -0.2) is 14.8 Å². The van der Waals surface area contributed by atoms with E-state index in [1.54, 1.807) is 11.1 Å². The maximum absolute atomic E-state index is 12.4. The van der Waals surface area contributed by atoms with E-state index in [0.29, 0.717) is 75.2 Å². The van der Waals surface area contributed by atoms with E-state index in [-0.39, 0.29) is 12.2 Å². The van der Waals surface area contributed by atoms with Gasteiger partial charge in [0.15, 0.2) is 6.10 Å². The second kappa shape index (κ2) is 8.06. The molecule has 0 bridgehead atoms. The van der Waals surface area contributed by atoms with Crippen molar-refractivity contribution in [3.8, 4) is 17.5 Å². The van der Waals surface area contributed by atoms with E-state index in [2.05, 4.69) is 30.5 Å². The fourth-order valence-electron chi connectivity index (χ4n) is 4.51. The summed E-state index contributed by atoms with van der Waals surface area (Å²) in [5.41, 5.74) is 3.47. The highest BCUT2D eigenvalue weighted by Crippen LogP contribution is 2.35. The number of aromatic amines is 1. The summed E-state index contributed by atoms with van der Waals surface area (Å²) in [4.78, 5) is 28.7. The Labute approximate surface area is 189 Å². The van der Waals surface area contributed by atoms with Gasteiger partial charge in [0.05, 0.1) is 42.2 Å². The van der Waals surface area contributed by atoms with Gasteiger partial charge >= 0.3 is 6.09 Å². The van der Waals surface area contributed by atoms with Crippen molar-refractivity contribution in [2.75, 3.05) is 50.9 Å². The number of amides is 1. The quantitative estimate of drug-likeness (QED) is 0.638. The molecule has 3 aromatic rings. The van der Waals surface area contributed by atoms with Gasteiger partial charge in [0.25, 0.3) is 0 Å². The average Bonchev–Trinajstić information content (AvgIpc) is 3.42. The van der Waals surface area contributed by atoms with Gasteiger partial charge in [-0.05, 0) is 6.07 Å². The molecule has 0 atom stereocenters. The normalized spacial score (nSPS) is 18.6. The van der Waals surface area contributed by atoms with E-state index >= 15 is 0 Å². The molecule has 1 N–H and O–H groups in total. The number of ether oxygens (including phenoxy) is 3. The van der Waals surface area contributed by atoms with Crippen molar-refractivity contribution in [2.24, 2.45) is 0 Å². The number of fused-ring (bicyclic) bond motifs is 2. The minimum atomic E-state index is -0.294. The van der Waals surface area contributed by atoms with Crippen LogP contribution in [0.4, 0.5) is 10.5 Å².